The number of thioether (sulfide) groups is 1. The first-order chi connectivity index (χ1) is 12.5. The van der Waals surface area contributed by atoms with E-state index in [0.29, 0.717) is 17.0 Å². The van der Waals surface area contributed by atoms with E-state index in [-0.39, 0.29) is 29.4 Å². The second-order valence-corrected chi connectivity index (χ2v) is 7.09. The van der Waals surface area contributed by atoms with Crippen molar-refractivity contribution in [3.8, 4) is 5.75 Å². The molecule has 0 aromatic heterocycles. The van der Waals surface area contributed by atoms with Crippen LogP contribution in [-0.2, 0) is 9.59 Å². The first-order valence-corrected chi connectivity index (χ1v) is 8.88. The lowest BCUT2D eigenvalue weighted by atomic mass is 10.2. The van der Waals surface area contributed by atoms with E-state index in [9.17, 15) is 14.4 Å². The third-order valence-corrected chi connectivity index (χ3v) is 5.26. The normalized spacial score (nSPS) is 16.7. The van der Waals surface area contributed by atoms with Crippen molar-refractivity contribution >= 4 is 35.2 Å². The van der Waals surface area contributed by atoms with Crippen molar-refractivity contribution in [2.24, 2.45) is 0 Å². The van der Waals surface area contributed by atoms with Crippen molar-refractivity contribution in [2.45, 2.75) is 16.6 Å². The van der Waals surface area contributed by atoms with E-state index in [0.717, 1.165) is 4.90 Å². The number of nitrogens with one attached hydrogen (secondary N) is 1. The summed E-state index contributed by atoms with van der Waals surface area (Å²) in [5.74, 6) is 0.0534. The third kappa shape index (κ3) is 3.88. The minimum atomic E-state index is -0.385. The van der Waals surface area contributed by atoms with E-state index in [1.807, 2.05) is 12.1 Å². The number of benzene rings is 2. The number of nitrogens with zero attached hydrogens (tertiary/aromatic N) is 1. The van der Waals surface area contributed by atoms with Gasteiger partial charge in [-0.1, -0.05) is 6.07 Å². The van der Waals surface area contributed by atoms with Crippen LogP contribution in [0.15, 0.2) is 53.4 Å². The van der Waals surface area contributed by atoms with E-state index in [1.165, 1.54) is 23.7 Å². The molecule has 1 saturated heterocycles. The molecule has 0 spiro atoms. The number of rotatable bonds is 5. The van der Waals surface area contributed by atoms with Gasteiger partial charge in [-0.15, -0.1) is 11.8 Å². The average Bonchev–Trinajstić information content (AvgIpc) is 2.90. The van der Waals surface area contributed by atoms with Crippen molar-refractivity contribution in [3.63, 3.8) is 0 Å². The van der Waals surface area contributed by atoms with Gasteiger partial charge >= 0.3 is 0 Å². The summed E-state index contributed by atoms with van der Waals surface area (Å²) in [6, 6.07) is 14.1. The first kappa shape index (κ1) is 18.0. The van der Waals surface area contributed by atoms with Crippen LogP contribution in [0.5, 0.6) is 5.75 Å². The van der Waals surface area contributed by atoms with Gasteiger partial charge in [-0.3, -0.25) is 19.3 Å². The molecule has 1 unspecified atom stereocenters. The number of hydrogen-bond acceptors (Lipinski definition) is 5. The fourth-order valence-electron chi connectivity index (χ4n) is 2.56. The van der Waals surface area contributed by atoms with Crippen molar-refractivity contribution in [1.82, 2.24) is 4.90 Å². The number of imide groups is 1. The molecule has 2 aromatic carbocycles. The Morgan fingerprint density at radius 2 is 1.92 bits per heavy atom. The third-order valence-electron chi connectivity index (χ3n) is 4.06. The quantitative estimate of drug-likeness (QED) is 0.819. The molecule has 6 nitrogen and oxygen atoms in total. The fourth-order valence-corrected chi connectivity index (χ4v) is 3.67. The molecule has 2 aromatic rings. The van der Waals surface area contributed by atoms with E-state index in [4.69, 9.17) is 4.74 Å². The Labute approximate surface area is 155 Å². The summed E-state index contributed by atoms with van der Waals surface area (Å²) in [5, 5.41) is 2.44. The summed E-state index contributed by atoms with van der Waals surface area (Å²) in [4.78, 5) is 37.9. The van der Waals surface area contributed by atoms with E-state index < -0.39 is 0 Å². The highest BCUT2D eigenvalue weighted by molar-refractivity contribution is 8.00. The van der Waals surface area contributed by atoms with Gasteiger partial charge in [-0.05, 0) is 42.5 Å². The van der Waals surface area contributed by atoms with Gasteiger partial charge in [-0.2, -0.15) is 0 Å². The SMILES string of the molecule is COc1cccc(C(=O)Nc2ccc(SC3CC(=O)N(C)C3=O)cc2)c1. The topological polar surface area (TPSA) is 75.7 Å². The molecule has 1 aliphatic rings. The van der Waals surface area contributed by atoms with Gasteiger partial charge in [0, 0.05) is 29.6 Å². The van der Waals surface area contributed by atoms with E-state index in [2.05, 4.69) is 5.32 Å². The van der Waals surface area contributed by atoms with Crippen LogP contribution in [0.25, 0.3) is 0 Å². The van der Waals surface area contributed by atoms with Crippen LogP contribution in [-0.4, -0.2) is 42.0 Å². The standard InChI is InChI=1S/C19H18N2O4S/c1-21-17(22)11-16(19(21)24)26-15-8-6-13(7-9-15)20-18(23)12-4-3-5-14(10-12)25-2/h3-10,16H,11H2,1-2H3,(H,20,23). The monoisotopic (exact) mass is 370 g/mol. The fraction of sp³-hybridized carbons (Fsp3) is 0.211. The van der Waals surface area contributed by atoms with Crippen molar-refractivity contribution < 1.29 is 19.1 Å². The zero-order valence-corrected chi connectivity index (χ0v) is 15.2. The molecule has 3 amide bonds. The van der Waals surface area contributed by atoms with Crippen molar-refractivity contribution in [2.75, 3.05) is 19.5 Å². The van der Waals surface area contributed by atoms with E-state index in [1.54, 1.807) is 43.5 Å². The Balaban J connectivity index is 1.63. The number of anilines is 1. The Bertz CT molecular complexity index is 851. The van der Waals surface area contributed by atoms with Gasteiger partial charge in [0.05, 0.1) is 12.4 Å². The Morgan fingerprint density at radius 1 is 1.19 bits per heavy atom. The minimum absolute atomic E-state index is 0.158. The Morgan fingerprint density at radius 3 is 2.54 bits per heavy atom. The average molecular weight is 370 g/mol. The van der Waals surface area contributed by atoms with Crippen molar-refractivity contribution in [1.29, 1.82) is 0 Å². The lowest BCUT2D eigenvalue weighted by Gasteiger charge is -2.10. The van der Waals surface area contributed by atoms with Crippen LogP contribution in [0.1, 0.15) is 16.8 Å². The Kier molecular flexibility index (Phi) is 5.27. The minimum Gasteiger partial charge on any atom is -0.497 e. The van der Waals surface area contributed by atoms with Gasteiger partial charge in [0.15, 0.2) is 0 Å². The van der Waals surface area contributed by atoms with Gasteiger partial charge in [-0.25, -0.2) is 0 Å². The number of carbonyl (C=O) groups excluding carboxylic acids is 3. The summed E-state index contributed by atoms with van der Waals surface area (Å²) in [7, 11) is 3.05. The maximum atomic E-state index is 12.3. The summed E-state index contributed by atoms with van der Waals surface area (Å²) in [5.41, 5.74) is 1.15. The van der Waals surface area contributed by atoms with Gasteiger partial charge in [0.2, 0.25) is 11.8 Å². The molecule has 1 aliphatic heterocycles. The summed E-state index contributed by atoms with van der Waals surface area (Å²) in [6.45, 7) is 0. The highest BCUT2D eigenvalue weighted by Crippen LogP contribution is 2.31. The summed E-state index contributed by atoms with van der Waals surface area (Å²) in [6.07, 6.45) is 0.217. The number of likely N-dealkylation sites (tertiary alicyclic amines) is 1. The molecule has 1 fully saturated rings. The molecule has 0 bridgehead atoms. The zero-order valence-electron chi connectivity index (χ0n) is 14.4. The predicted molar refractivity (Wildman–Crippen MR) is 99.4 cm³/mol. The van der Waals surface area contributed by atoms with E-state index >= 15 is 0 Å². The molecule has 26 heavy (non-hydrogen) atoms. The smallest absolute Gasteiger partial charge is 0.255 e. The van der Waals surface area contributed by atoms with Crippen LogP contribution in [0.3, 0.4) is 0 Å². The molecular weight excluding hydrogens is 352 g/mol. The molecule has 1 heterocycles. The molecule has 3 rings (SSSR count). The van der Waals surface area contributed by atoms with Crippen LogP contribution in [0.2, 0.25) is 0 Å². The maximum Gasteiger partial charge on any atom is 0.255 e. The largest absolute Gasteiger partial charge is 0.497 e. The highest BCUT2D eigenvalue weighted by Gasteiger charge is 2.36. The molecule has 1 atom stereocenters. The van der Waals surface area contributed by atoms with Crippen LogP contribution >= 0.6 is 11.8 Å². The van der Waals surface area contributed by atoms with Crippen LogP contribution in [0, 0.1) is 0 Å². The number of carbonyl (C=O) groups is 3. The number of methoxy groups -OCH3 is 1. The highest BCUT2D eigenvalue weighted by atomic mass is 32.2. The Hall–Kier alpha value is -2.80. The zero-order chi connectivity index (χ0) is 18.7. The van der Waals surface area contributed by atoms with Crippen LogP contribution < -0.4 is 10.1 Å². The first-order valence-electron chi connectivity index (χ1n) is 8.00. The number of hydrogen-bond donors (Lipinski definition) is 1. The van der Waals surface area contributed by atoms with Crippen molar-refractivity contribution in [3.05, 3.63) is 54.1 Å². The molecule has 7 heteroatoms. The molecule has 1 N–H and O–H groups in total. The molecule has 0 radical (unpaired) electrons. The van der Waals surface area contributed by atoms with Crippen LogP contribution in [0.4, 0.5) is 5.69 Å². The second kappa shape index (κ2) is 7.61. The molecular formula is C19H18N2O4S. The van der Waals surface area contributed by atoms with Gasteiger partial charge in [0.25, 0.3) is 5.91 Å². The predicted octanol–water partition coefficient (Wildman–Crippen LogP) is 2.80. The van der Waals surface area contributed by atoms with Gasteiger partial charge < -0.3 is 10.1 Å². The number of ether oxygens (including phenoxy) is 1. The summed E-state index contributed by atoms with van der Waals surface area (Å²) < 4.78 is 5.12. The maximum absolute atomic E-state index is 12.3. The second-order valence-electron chi connectivity index (χ2n) is 5.81. The number of amides is 3. The molecule has 0 aliphatic carbocycles. The molecule has 0 saturated carbocycles. The summed E-state index contributed by atoms with van der Waals surface area (Å²) >= 11 is 1.35. The lowest BCUT2D eigenvalue weighted by molar-refractivity contribution is -0.136. The van der Waals surface area contributed by atoms with Gasteiger partial charge in [0.1, 0.15) is 5.75 Å². The molecule has 134 valence electrons. The lowest BCUT2D eigenvalue weighted by Crippen LogP contribution is -2.26.